The summed E-state index contributed by atoms with van der Waals surface area (Å²) in [6, 6.07) is 3.08. The van der Waals surface area contributed by atoms with Gasteiger partial charge in [-0.2, -0.15) is 0 Å². The maximum atomic E-state index is 12.1. The predicted molar refractivity (Wildman–Crippen MR) is 70.7 cm³/mol. The van der Waals surface area contributed by atoms with Gasteiger partial charge in [0.15, 0.2) is 0 Å². The van der Waals surface area contributed by atoms with Gasteiger partial charge < -0.3 is 9.73 Å². The van der Waals surface area contributed by atoms with E-state index < -0.39 is 10.0 Å². The second-order valence-electron chi connectivity index (χ2n) is 4.63. The summed E-state index contributed by atoms with van der Waals surface area (Å²) in [5.41, 5.74) is 0. The van der Waals surface area contributed by atoms with Gasteiger partial charge in [-0.05, 0) is 31.5 Å². The van der Waals surface area contributed by atoms with Crippen molar-refractivity contribution in [1.82, 2.24) is 10.0 Å². The Balaban J connectivity index is 2.85. The number of furan rings is 1. The summed E-state index contributed by atoms with van der Waals surface area (Å²) in [4.78, 5) is 0. The molecule has 0 bridgehead atoms. The second kappa shape index (κ2) is 6.36. The summed E-state index contributed by atoms with van der Waals surface area (Å²) in [7, 11) is -1.78. The number of hydrogen-bond acceptors (Lipinski definition) is 4. The van der Waals surface area contributed by atoms with Crippen molar-refractivity contribution >= 4 is 10.0 Å². The molecule has 0 fully saturated rings. The van der Waals surface area contributed by atoms with Crippen LogP contribution < -0.4 is 10.0 Å². The van der Waals surface area contributed by atoms with E-state index in [1.807, 2.05) is 20.8 Å². The summed E-state index contributed by atoms with van der Waals surface area (Å²) < 4.78 is 32.2. The van der Waals surface area contributed by atoms with E-state index in [9.17, 15) is 8.42 Å². The average molecular weight is 274 g/mol. The van der Waals surface area contributed by atoms with Crippen LogP contribution in [-0.2, 0) is 16.6 Å². The van der Waals surface area contributed by atoms with Crippen molar-refractivity contribution < 1.29 is 12.8 Å². The minimum Gasteiger partial charge on any atom is -0.447 e. The lowest BCUT2D eigenvalue weighted by molar-refractivity contribution is 0.391. The van der Waals surface area contributed by atoms with E-state index in [1.54, 1.807) is 13.1 Å². The summed E-state index contributed by atoms with van der Waals surface area (Å²) >= 11 is 0. The number of hydrogen-bond donors (Lipinski definition) is 2. The van der Waals surface area contributed by atoms with Crippen LogP contribution in [0.1, 0.15) is 33.0 Å². The Hall–Kier alpha value is -0.850. The molecule has 0 aliphatic heterocycles. The zero-order valence-electron chi connectivity index (χ0n) is 11.4. The molecule has 1 rings (SSSR count). The highest BCUT2D eigenvalue weighted by Gasteiger charge is 2.23. The molecule has 1 atom stereocenters. The quantitative estimate of drug-likeness (QED) is 0.794. The Morgan fingerprint density at radius 1 is 1.33 bits per heavy atom. The molecule has 5 nitrogen and oxygen atoms in total. The van der Waals surface area contributed by atoms with Gasteiger partial charge in [0, 0.05) is 6.04 Å². The van der Waals surface area contributed by atoms with E-state index in [2.05, 4.69) is 10.0 Å². The molecular formula is C12H22N2O3S. The van der Waals surface area contributed by atoms with Crippen molar-refractivity contribution in [2.24, 2.45) is 5.92 Å². The van der Waals surface area contributed by atoms with Crippen molar-refractivity contribution in [1.29, 1.82) is 0 Å². The van der Waals surface area contributed by atoms with Crippen LogP contribution in [0, 0.1) is 5.92 Å². The van der Waals surface area contributed by atoms with Gasteiger partial charge in [0.25, 0.3) is 10.0 Å². The Labute approximate surface area is 109 Å². The van der Waals surface area contributed by atoms with Crippen LogP contribution in [0.5, 0.6) is 0 Å². The molecule has 1 unspecified atom stereocenters. The van der Waals surface area contributed by atoms with Gasteiger partial charge in [-0.25, -0.2) is 13.1 Å². The molecule has 0 saturated carbocycles. The number of nitrogens with one attached hydrogen (secondary N) is 2. The molecule has 2 N–H and O–H groups in total. The Kier molecular flexibility index (Phi) is 5.37. The van der Waals surface area contributed by atoms with Gasteiger partial charge >= 0.3 is 0 Å². The Bertz CT molecular complexity index is 465. The fourth-order valence-corrected chi connectivity index (χ4v) is 3.14. The molecule has 18 heavy (non-hydrogen) atoms. The van der Waals surface area contributed by atoms with E-state index in [0.717, 1.165) is 6.42 Å². The average Bonchev–Trinajstić information content (AvgIpc) is 2.75. The smallest absolute Gasteiger partial charge is 0.274 e. The standard InChI is InChI=1S/C12H22N2O3S/c1-5-11(9(2)3)14-18(15,16)12-7-6-10(17-12)8-13-4/h6-7,9,11,13-14H,5,8H2,1-4H3. The Morgan fingerprint density at radius 3 is 2.50 bits per heavy atom. The molecule has 0 aromatic carbocycles. The fraction of sp³-hybridized carbons (Fsp3) is 0.667. The number of sulfonamides is 1. The summed E-state index contributed by atoms with van der Waals surface area (Å²) in [6.07, 6.45) is 0.751. The third-order valence-electron chi connectivity index (χ3n) is 2.80. The van der Waals surface area contributed by atoms with Crippen molar-refractivity contribution in [2.75, 3.05) is 7.05 Å². The van der Waals surface area contributed by atoms with Crippen LogP contribution in [0.25, 0.3) is 0 Å². The highest BCUT2D eigenvalue weighted by atomic mass is 32.2. The monoisotopic (exact) mass is 274 g/mol. The third-order valence-corrected chi connectivity index (χ3v) is 4.17. The lowest BCUT2D eigenvalue weighted by atomic mass is 10.0. The minimum absolute atomic E-state index is 0.0214. The molecule has 0 radical (unpaired) electrons. The molecule has 1 aromatic heterocycles. The SMILES string of the molecule is CCC(NS(=O)(=O)c1ccc(CNC)o1)C(C)C. The van der Waals surface area contributed by atoms with Gasteiger partial charge in [-0.15, -0.1) is 0 Å². The molecule has 0 aliphatic rings. The Morgan fingerprint density at radius 2 is 2.00 bits per heavy atom. The van der Waals surface area contributed by atoms with Crippen LogP contribution in [0.2, 0.25) is 0 Å². The minimum atomic E-state index is -3.56. The molecule has 0 aliphatic carbocycles. The van der Waals surface area contributed by atoms with Crippen molar-refractivity contribution in [3.63, 3.8) is 0 Å². The highest BCUT2D eigenvalue weighted by Crippen LogP contribution is 2.16. The maximum Gasteiger partial charge on any atom is 0.274 e. The van der Waals surface area contributed by atoms with Gasteiger partial charge in [0.1, 0.15) is 5.76 Å². The molecule has 104 valence electrons. The first-order valence-corrected chi connectivity index (χ1v) is 7.64. The van der Waals surface area contributed by atoms with E-state index >= 15 is 0 Å². The maximum absolute atomic E-state index is 12.1. The zero-order chi connectivity index (χ0) is 13.8. The first-order chi connectivity index (χ1) is 8.40. The lowest BCUT2D eigenvalue weighted by Gasteiger charge is -2.19. The topological polar surface area (TPSA) is 71.3 Å². The van der Waals surface area contributed by atoms with Crippen LogP contribution in [0.3, 0.4) is 0 Å². The summed E-state index contributed by atoms with van der Waals surface area (Å²) in [5, 5.41) is 2.89. The normalized spacial score (nSPS) is 14.1. The summed E-state index contributed by atoms with van der Waals surface area (Å²) in [5.74, 6) is 0.854. The van der Waals surface area contributed by atoms with E-state index in [0.29, 0.717) is 12.3 Å². The van der Waals surface area contributed by atoms with E-state index in [4.69, 9.17) is 4.42 Å². The van der Waals surface area contributed by atoms with Crippen LogP contribution in [-0.4, -0.2) is 21.5 Å². The van der Waals surface area contributed by atoms with Gasteiger partial charge in [-0.1, -0.05) is 20.8 Å². The largest absolute Gasteiger partial charge is 0.447 e. The molecule has 1 heterocycles. The van der Waals surface area contributed by atoms with Gasteiger partial charge in [-0.3, -0.25) is 0 Å². The van der Waals surface area contributed by atoms with Crippen molar-refractivity contribution in [3.8, 4) is 0 Å². The zero-order valence-corrected chi connectivity index (χ0v) is 12.2. The molecule has 6 heteroatoms. The van der Waals surface area contributed by atoms with Gasteiger partial charge in [0.2, 0.25) is 5.09 Å². The third kappa shape index (κ3) is 3.83. The first-order valence-electron chi connectivity index (χ1n) is 6.16. The van der Waals surface area contributed by atoms with E-state index in [1.165, 1.54) is 6.07 Å². The van der Waals surface area contributed by atoms with E-state index in [-0.39, 0.29) is 17.1 Å². The van der Waals surface area contributed by atoms with Crippen LogP contribution in [0.4, 0.5) is 0 Å². The molecule has 0 spiro atoms. The van der Waals surface area contributed by atoms with Gasteiger partial charge in [0.05, 0.1) is 6.54 Å². The molecule has 0 amide bonds. The van der Waals surface area contributed by atoms with Crippen molar-refractivity contribution in [3.05, 3.63) is 17.9 Å². The van der Waals surface area contributed by atoms with Crippen LogP contribution >= 0.6 is 0 Å². The molecule has 1 aromatic rings. The number of rotatable bonds is 7. The lowest BCUT2D eigenvalue weighted by Crippen LogP contribution is -2.37. The van der Waals surface area contributed by atoms with Crippen molar-refractivity contribution in [2.45, 2.75) is 44.9 Å². The highest BCUT2D eigenvalue weighted by molar-refractivity contribution is 7.89. The van der Waals surface area contributed by atoms with Crippen LogP contribution in [0.15, 0.2) is 21.6 Å². The first kappa shape index (κ1) is 15.2. The second-order valence-corrected chi connectivity index (χ2v) is 6.28. The molecule has 0 saturated heterocycles. The fourth-order valence-electron chi connectivity index (χ4n) is 1.72. The summed E-state index contributed by atoms with van der Waals surface area (Å²) in [6.45, 7) is 6.45. The molecular weight excluding hydrogens is 252 g/mol. The predicted octanol–water partition coefficient (Wildman–Crippen LogP) is 1.71.